The fourth-order valence-corrected chi connectivity index (χ4v) is 3.41. The van der Waals surface area contributed by atoms with E-state index >= 15 is 0 Å². The lowest BCUT2D eigenvalue weighted by molar-refractivity contribution is -0.144. The van der Waals surface area contributed by atoms with Crippen molar-refractivity contribution in [3.05, 3.63) is 69.7 Å². The van der Waals surface area contributed by atoms with Gasteiger partial charge in [-0.3, -0.25) is 24.5 Å². The van der Waals surface area contributed by atoms with Gasteiger partial charge in [0.15, 0.2) is 0 Å². The zero-order chi connectivity index (χ0) is 29.3. The minimum atomic E-state index is -4.03. The van der Waals surface area contributed by atoms with Gasteiger partial charge in [0.25, 0.3) is 5.91 Å². The van der Waals surface area contributed by atoms with Crippen LogP contribution in [0.4, 0.5) is 8.78 Å². The second-order valence-corrected chi connectivity index (χ2v) is 7.44. The molecule has 1 saturated heterocycles. The van der Waals surface area contributed by atoms with E-state index in [1.807, 2.05) is 0 Å². The van der Waals surface area contributed by atoms with Crippen LogP contribution in [0.25, 0.3) is 0 Å². The Balaban J connectivity index is 1.63. The van der Waals surface area contributed by atoms with Gasteiger partial charge >= 0.3 is 5.92 Å². The van der Waals surface area contributed by atoms with E-state index in [-0.39, 0.29) is 21.7 Å². The normalized spacial score (nSPS) is 27.7. The fraction of sp³-hybridized carbons (Fsp3) is 0.304. The summed E-state index contributed by atoms with van der Waals surface area (Å²) in [5.74, 6) is -10.0. The minimum absolute atomic E-state index is 0.0222. The van der Waals surface area contributed by atoms with Crippen molar-refractivity contribution in [2.24, 2.45) is 0 Å². The van der Waals surface area contributed by atoms with Gasteiger partial charge in [-0.25, -0.2) is 0 Å². The molecule has 6 nitrogen and oxygen atoms in total. The van der Waals surface area contributed by atoms with E-state index in [4.69, 9.17) is 21.2 Å². The molecule has 9 heteroatoms. The van der Waals surface area contributed by atoms with Gasteiger partial charge in [0, 0.05) is 43.7 Å². The van der Waals surface area contributed by atoms with E-state index < -0.39 is 73.1 Å². The summed E-state index contributed by atoms with van der Waals surface area (Å²) >= 11 is 5.69. The van der Waals surface area contributed by atoms with Crippen molar-refractivity contribution in [1.82, 2.24) is 10.2 Å². The number of fused-ring (bicyclic) bond motifs is 1. The average molecular weight is 468 g/mol. The van der Waals surface area contributed by atoms with E-state index in [1.165, 1.54) is 0 Å². The van der Waals surface area contributed by atoms with E-state index in [9.17, 15) is 28.0 Å². The van der Waals surface area contributed by atoms with Crippen LogP contribution in [-0.4, -0.2) is 34.4 Å². The standard InChI is InChI=1S/C23H19ClF2N2O4/c24-16-5-3-15(4-6-16)23(25,26)19(29)9-2-13-1-7-17-14(11-13)12-28(22(17)32)18-8-10-20(30)27-21(18)31/h1,3-7,11,18H,2,8-10,12H2,(H,27,30,31)/t18-/m0/s1/i2D2,8D2,10D2,18D. The first-order valence-electron chi connectivity index (χ1n) is 12.8. The summed E-state index contributed by atoms with van der Waals surface area (Å²) < 4.78 is 86.4. The van der Waals surface area contributed by atoms with Crippen molar-refractivity contribution in [2.75, 3.05) is 0 Å². The third kappa shape index (κ3) is 4.14. The van der Waals surface area contributed by atoms with E-state index in [1.54, 1.807) is 5.32 Å². The van der Waals surface area contributed by atoms with Crippen molar-refractivity contribution < 1.29 is 37.6 Å². The summed E-state index contributed by atoms with van der Waals surface area (Å²) in [6.45, 7) is -0.659. The minimum Gasteiger partial charge on any atom is -0.322 e. The van der Waals surface area contributed by atoms with E-state index in [0.29, 0.717) is 4.90 Å². The number of nitrogens with zero attached hydrogens (tertiary/aromatic N) is 1. The molecule has 0 radical (unpaired) electrons. The van der Waals surface area contributed by atoms with Gasteiger partial charge in [-0.15, -0.1) is 0 Å². The Kier molecular flexibility index (Phi) is 3.91. The van der Waals surface area contributed by atoms with Crippen molar-refractivity contribution >= 4 is 35.1 Å². The van der Waals surface area contributed by atoms with Crippen molar-refractivity contribution in [1.29, 1.82) is 0 Å². The number of ketones is 1. The molecule has 2 aliphatic heterocycles. The SMILES string of the molecule is [2H]C([2H])(CC(=O)C(F)(F)c1ccc(Cl)cc1)c1ccc2c(c1)CN([C@]1([2H])C(=O)NC(=O)C([2H])([2H])C1([2H])[2H])C2=O. The zero-order valence-corrected chi connectivity index (χ0v) is 16.9. The van der Waals surface area contributed by atoms with Crippen LogP contribution in [0, 0.1) is 0 Å². The summed E-state index contributed by atoms with van der Waals surface area (Å²) in [5.41, 5.74) is -1.16. The molecule has 0 spiro atoms. The number of Topliss-reactive ketones (excluding diaryl/α,β-unsaturated/α-hetero) is 1. The lowest BCUT2D eigenvalue weighted by Crippen LogP contribution is -2.52. The van der Waals surface area contributed by atoms with Crippen LogP contribution >= 0.6 is 11.6 Å². The number of piperidine rings is 1. The summed E-state index contributed by atoms with van der Waals surface area (Å²) in [7, 11) is 0. The number of carbonyl (C=O) groups excluding carboxylic acids is 4. The number of carbonyl (C=O) groups is 4. The van der Waals surface area contributed by atoms with Crippen LogP contribution in [0.2, 0.25) is 5.02 Å². The first-order chi connectivity index (χ1) is 17.8. The first-order valence-corrected chi connectivity index (χ1v) is 9.64. The van der Waals surface area contributed by atoms with Gasteiger partial charge in [0.2, 0.25) is 17.6 Å². The molecule has 166 valence electrons. The predicted octanol–water partition coefficient (Wildman–Crippen LogP) is 3.39. The molecule has 0 aliphatic carbocycles. The maximum Gasteiger partial charge on any atom is 0.330 e. The lowest BCUT2D eigenvalue weighted by atomic mass is 9.97. The molecule has 0 unspecified atom stereocenters. The highest BCUT2D eigenvalue weighted by molar-refractivity contribution is 6.30. The molecule has 0 saturated carbocycles. The number of amides is 3. The zero-order valence-electron chi connectivity index (χ0n) is 23.2. The highest BCUT2D eigenvalue weighted by Crippen LogP contribution is 2.32. The van der Waals surface area contributed by atoms with Crippen molar-refractivity contribution in [3.63, 3.8) is 0 Å². The number of hydrogen-bond donors (Lipinski definition) is 1. The number of benzene rings is 2. The van der Waals surface area contributed by atoms with Crippen LogP contribution in [0.1, 0.15) is 55.8 Å². The topological polar surface area (TPSA) is 83.6 Å². The van der Waals surface area contributed by atoms with Gasteiger partial charge in [-0.05, 0) is 42.1 Å². The molecule has 2 aromatic carbocycles. The summed E-state index contributed by atoms with van der Waals surface area (Å²) in [6, 6.07) is 4.18. The molecule has 2 aliphatic rings. The number of rotatable bonds is 6. The lowest BCUT2D eigenvalue weighted by Gasteiger charge is -2.29. The van der Waals surface area contributed by atoms with Gasteiger partial charge < -0.3 is 4.90 Å². The molecular weight excluding hydrogens is 442 g/mol. The first kappa shape index (κ1) is 14.8. The molecular formula is C23H19ClF2N2O4. The van der Waals surface area contributed by atoms with Crippen LogP contribution in [0.15, 0.2) is 42.5 Å². The Hall–Kier alpha value is -3.13. The number of alkyl halides is 2. The highest BCUT2D eigenvalue weighted by atomic mass is 35.5. The highest BCUT2D eigenvalue weighted by Gasteiger charge is 2.41. The van der Waals surface area contributed by atoms with Crippen LogP contribution in [0.5, 0.6) is 0 Å². The second kappa shape index (κ2) is 8.43. The Morgan fingerprint density at radius 3 is 2.69 bits per heavy atom. The Morgan fingerprint density at radius 1 is 1.25 bits per heavy atom. The van der Waals surface area contributed by atoms with Gasteiger partial charge in [-0.2, -0.15) is 8.78 Å². The largest absolute Gasteiger partial charge is 0.330 e. The maximum absolute atomic E-state index is 14.7. The Labute approximate surface area is 197 Å². The molecule has 1 fully saturated rings. The monoisotopic (exact) mass is 467 g/mol. The molecule has 2 heterocycles. The number of imide groups is 1. The Morgan fingerprint density at radius 2 is 1.97 bits per heavy atom. The third-order valence-corrected chi connectivity index (χ3v) is 5.18. The van der Waals surface area contributed by atoms with Crippen LogP contribution < -0.4 is 5.32 Å². The molecule has 3 amide bonds. The molecule has 2 aromatic rings. The van der Waals surface area contributed by atoms with Crippen LogP contribution in [0.3, 0.4) is 0 Å². The predicted molar refractivity (Wildman–Crippen MR) is 111 cm³/mol. The third-order valence-electron chi connectivity index (χ3n) is 4.93. The quantitative estimate of drug-likeness (QED) is 0.660. The second-order valence-electron chi connectivity index (χ2n) is 7.00. The van der Waals surface area contributed by atoms with Gasteiger partial charge in [0.05, 0.1) is 1.37 Å². The molecule has 32 heavy (non-hydrogen) atoms. The number of nitrogens with one attached hydrogen (secondary N) is 1. The summed E-state index contributed by atoms with van der Waals surface area (Å²) in [5, 5.41) is 1.74. The fourth-order valence-electron chi connectivity index (χ4n) is 3.28. The molecule has 4 rings (SSSR count). The maximum atomic E-state index is 14.7. The van der Waals surface area contributed by atoms with Gasteiger partial charge in [-0.1, -0.05) is 35.9 Å². The number of aryl methyl sites for hydroxylation is 1. The number of halogens is 3. The smallest absolute Gasteiger partial charge is 0.322 e. The average Bonchev–Trinajstić information content (AvgIpc) is 3.18. The molecule has 0 aromatic heterocycles. The van der Waals surface area contributed by atoms with Crippen molar-refractivity contribution in [2.45, 2.75) is 44.0 Å². The molecule has 1 atom stereocenters. The van der Waals surface area contributed by atoms with Crippen LogP contribution in [-0.2, 0) is 33.2 Å². The van der Waals surface area contributed by atoms with Crippen molar-refractivity contribution in [3.8, 4) is 0 Å². The molecule has 0 bridgehead atoms. The molecule has 1 N–H and O–H groups in total. The van der Waals surface area contributed by atoms with E-state index in [0.717, 1.165) is 42.5 Å². The number of hydrogen-bond acceptors (Lipinski definition) is 4. The summed E-state index contributed by atoms with van der Waals surface area (Å²) in [6.07, 6.45) is -10.8. The van der Waals surface area contributed by atoms with Gasteiger partial charge in [0.1, 0.15) is 6.02 Å². The Bertz CT molecular complexity index is 1420. The summed E-state index contributed by atoms with van der Waals surface area (Å²) in [4.78, 5) is 50.4. The van der Waals surface area contributed by atoms with E-state index in [2.05, 4.69) is 0 Å².